The molecule has 1 aromatic rings. The number of fused-ring (bicyclic) bond motifs is 1. The first-order valence-corrected chi connectivity index (χ1v) is 6.23. The fourth-order valence-corrected chi connectivity index (χ4v) is 2.23. The van der Waals surface area contributed by atoms with Gasteiger partial charge in [-0.25, -0.2) is 0 Å². The molecule has 0 spiro atoms. The van der Waals surface area contributed by atoms with E-state index in [4.69, 9.17) is 21.1 Å². The van der Waals surface area contributed by atoms with Crippen LogP contribution in [0.25, 0.3) is 0 Å². The summed E-state index contributed by atoms with van der Waals surface area (Å²) in [5, 5.41) is 10.1. The Morgan fingerprint density at radius 1 is 1.47 bits per heavy atom. The zero-order valence-electron chi connectivity index (χ0n) is 11.1. The smallest absolute Gasteiger partial charge is 0.253 e. The summed E-state index contributed by atoms with van der Waals surface area (Å²) in [7, 11) is 1.62. The molecular weight excluding hydrogens is 270 g/mol. The Kier molecular flexibility index (Phi) is 3.60. The monoisotopic (exact) mass is 285 g/mol. The van der Waals surface area contributed by atoms with Crippen LogP contribution in [-0.2, 0) is 0 Å². The molecule has 1 amide bonds. The minimum atomic E-state index is -0.954. The average molecular weight is 286 g/mol. The molecule has 0 saturated carbocycles. The highest BCUT2D eigenvalue weighted by molar-refractivity contribution is 6.32. The number of hydrogen-bond acceptors (Lipinski definition) is 4. The van der Waals surface area contributed by atoms with Gasteiger partial charge in [0.2, 0.25) is 6.79 Å². The number of aliphatic hydroxyl groups is 1. The number of hydrogen-bond donors (Lipinski definition) is 1. The van der Waals surface area contributed by atoms with E-state index in [0.29, 0.717) is 22.1 Å². The van der Waals surface area contributed by atoms with Crippen LogP contribution in [0.2, 0.25) is 5.02 Å². The molecule has 6 heteroatoms. The number of halogens is 1. The van der Waals surface area contributed by atoms with E-state index in [1.807, 2.05) is 0 Å². The summed E-state index contributed by atoms with van der Waals surface area (Å²) >= 11 is 6.03. The van der Waals surface area contributed by atoms with Gasteiger partial charge in [-0.05, 0) is 26.0 Å². The first-order chi connectivity index (χ1) is 8.78. The first-order valence-electron chi connectivity index (χ1n) is 5.85. The SMILES string of the molecule is CN(CC(C)(C)O)C(=O)c1cc(Cl)c2c(c1)OCO2. The van der Waals surface area contributed by atoms with Gasteiger partial charge in [-0.1, -0.05) is 11.6 Å². The van der Waals surface area contributed by atoms with Gasteiger partial charge >= 0.3 is 0 Å². The topological polar surface area (TPSA) is 59.0 Å². The maximum absolute atomic E-state index is 12.2. The van der Waals surface area contributed by atoms with Crippen LogP contribution in [0.15, 0.2) is 12.1 Å². The molecule has 19 heavy (non-hydrogen) atoms. The fraction of sp³-hybridized carbons (Fsp3) is 0.462. The minimum absolute atomic E-state index is 0.103. The number of ether oxygens (including phenoxy) is 2. The van der Waals surface area contributed by atoms with E-state index >= 15 is 0 Å². The molecule has 0 aliphatic carbocycles. The highest BCUT2D eigenvalue weighted by atomic mass is 35.5. The third kappa shape index (κ3) is 3.11. The lowest BCUT2D eigenvalue weighted by molar-refractivity contribution is 0.0368. The Morgan fingerprint density at radius 3 is 2.79 bits per heavy atom. The van der Waals surface area contributed by atoms with Gasteiger partial charge in [0.1, 0.15) is 0 Å². The molecule has 1 aliphatic rings. The number of carbonyl (C=O) groups is 1. The van der Waals surface area contributed by atoms with E-state index in [-0.39, 0.29) is 19.2 Å². The summed E-state index contributed by atoms with van der Waals surface area (Å²) in [5.74, 6) is 0.693. The summed E-state index contributed by atoms with van der Waals surface area (Å²) in [6.07, 6.45) is 0. The summed E-state index contributed by atoms with van der Waals surface area (Å²) in [4.78, 5) is 13.7. The van der Waals surface area contributed by atoms with Crippen LogP contribution >= 0.6 is 11.6 Å². The van der Waals surface area contributed by atoms with Crippen LogP contribution in [0.3, 0.4) is 0 Å². The van der Waals surface area contributed by atoms with Gasteiger partial charge in [0.25, 0.3) is 5.91 Å². The Morgan fingerprint density at radius 2 is 2.16 bits per heavy atom. The van der Waals surface area contributed by atoms with Gasteiger partial charge in [-0.2, -0.15) is 0 Å². The van der Waals surface area contributed by atoms with Crippen LogP contribution in [0, 0.1) is 0 Å². The van der Waals surface area contributed by atoms with Crippen molar-refractivity contribution in [1.29, 1.82) is 0 Å². The quantitative estimate of drug-likeness (QED) is 0.922. The molecule has 104 valence electrons. The van der Waals surface area contributed by atoms with Crippen molar-refractivity contribution >= 4 is 17.5 Å². The second kappa shape index (κ2) is 4.90. The van der Waals surface area contributed by atoms with Crippen molar-refractivity contribution in [3.63, 3.8) is 0 Å². The molecule has 0 fully saturated rings. The predicted octanol–water partition coefficient (Wildman–Crippen LogP) is 1.91. The van der Waals surface area contributed by atoms with Gasteiger partial charge in [0.15, 0.2) is 11.5 Å². The second-order valence-corrected chi connectivity index (χ2v) is 5.57. The second-order valence-electron chi connectivity index (χ2n) is 5.17. The molecule has 0 unspecified atom stereocenters. The first kappa shape index (κ1) is 14.0. The van der Waals surface area contributed by atoms with Crippen LogP contribution in [0.1, 0.15) is 24.2 Å². The largest absolute Gasteiger partial charge is 0.454 e. The molecule has 1 aromatic carbocycles. The normalized spacial score (nSPS) is 13.5. The lowest BCUT2D eigenvalue weighted by atomic mass is 10.1. The minimum Gasteiger partial charge on any atom is -0.454 e. The van der Waals surface area contributed by atoms with Gasteiger partial charge in [0, 0.05) is 19.2 Å². The standard InChI is InChI=1S/C13H16ClNO4/c1-13(2,17)6-15(3)12(16)8-4-9(14)11-10(5-8)18-7-19-11/h4-5,17H,6-7H2,1-3H3. The third-order valence-corrected chi connectivity index (χ3v) is 2.93. The number of benzene rings is 1. The summed E-state index contributed by atoms with van der Waals surface area (Å²) < 4.78 is 10.4. The summed E-state index contributed by atoms with van der Waals surface area (Å²) in [6.45, 7) is 3.61. The van der Waals surface area contributed by atoms with E-state index < -0.39 is 5.60 Å². The van der Waals surface area contributed by atoms with Crippen molar-refractivity contribution in [3.05, 3.63) is 22.7 Å². The summed E-state index contributed by atoms with van der Waals surface area (Å²) in [6, 6.07) is 3.13. The van der Waals surface area contributed by atoms with E-state index in [2.05, 4.69) is 0 Å². The molecule has 0 bridgehead atoms. The third-order valence-electron chi connectivity index (χ3n) is 2.64. The van der Waals surface area contributed by atoms with Crippen LogP contribution in [-0.4, -0.2) is 41.9 Å². The summed E-state index contributed by atoms with van der Waals surface area (Å²) in [5.41, 5.74) is -0.550. The van der Waals surface area contributed by atoms with Crippen molar-refractivity contribution < 1.29 is 19.4 Å². The zero-order chi connectivity index (χ0) is 14.2. The highest BCUT2D eigenvalue weighted by Crippen LogP contribution is 2.39. The van der Waals surface area contributed by atoms with Crippen LogP contribution < -0.4 is 9.47 Å². The van der Waals surface area contributed by atoms with Gasteiger partial charge in [-0.3, -0.25) is 4.79 Å². The lowest BCUT2D eigenvalue weighted by Gasteiger charge is -2.25. The predicted molar refractivity (Wildman–Crippen MR) is 70.8 cm³/mol. The number of likely N-dealkylation sites (N-methyl/N-ethyl adjacent to an activating group) is 1. The van der Waals surface area contributed by atoms with Gasteiger partial charge in [0.05, 0.1) is 10.6 Å². The number of amides is 1. The van der Waals surface area contributed by atoms with Crippen molar-refractivity contribution in [1.82, 2.24) is 4.90 Å². The van der Waals surface area contributed by atoms with Crippen molar-refractivity contribution in [2.75, 3.05) is 20.4 Å². The molecular formula is C13H16ClNO4. The fourth-order valence-electron chi connectivity index (χ4n) is 1.96. The van der Waals surface area contributed by atoms with Gasteiger partial charge in [-0.15, -0.1) is 0 Å². The van der Waals surface area contributed by atoms with Crippen LogP contribution in [0.5, 0.6) is 11.5 Å². The molecule has 0 atom stereocenters. The Bertz CT molecular complexity index is 510. The number of nitrogens with zero attached hydrogens (tertiary/aromatic N) is 1. The maximum Gasteiger partial charge on any atom is 0.253 e. The molecule has 1 aliphatic heterocycles. The Balaban J connectivity index is 2.23. The van der Waals surface area contributed by atoms with Crippen molar-refractivity contribution in [3.8, 4) is 11.5 Å². The number of rotatable bonds is 3. The molecule has 0 aromatic heterocycles. The zero-order valence-corrected chi connectivity index (χ0v) is 11.8. The molecule has 0 radical (unpaired) electrons. The van der Waals surface area contributed by atoms with E-state index in [9.17, 15) is 9.90 Å². The van der Waals surface area contributed by atoms with Gasteiger partial charge < -0.3 is 19.5 Å². The maximum atomic E-state index is 12.2. The average Bonchev–Trinajstić information content (AvgIpc) is 2.74. The number of carbonyl (C=O) groups excluding carboxylic acids is 1. The van der Waals surface area contributed by atoms with Crippen LogP contribution in [0.4, 0.5) is 0 Å². The Labute approximate surface area is 116 Å². The van der Waals surface area contributed by atoms with E-state index in [1.165, 1.54) is 11.0 Å². The molecule has 1 heterocycles. The molecule has 5 nitrogen and oxygen atoms in total. The Hall–Kier alpha value is -1.46. The van der Waals surface area contributed by atoms with E-state index in [0.717, 1.165) is 0 Å². The lowest BCUT2D eigenvalue weighted by Crippen LogP contribution is -2.39. The highest BCUT2D eigenvalue weighted by Gasteiger charge is 2.24. The molecule has 1 N–H and O–H groups in total. The molecule has 2 rings (SSSR count). The van der Waals surface area contributed by atoms with E-state index in [1.54, 1.807) is 27.0 Å². The van der Waals surface area contributed by atoms with Crippen molar-refractivity contribution in [2.24, 2.45) is 0 Å². The van der Waals surface area contributed by atoms with Crippen molar-refractivity contribution in [2.45, 2.75) is 19.4 Å². The molecule has 0 saturated heterocycles.